The van der Waals surface area contributed by atoms with Crippen LogP contribution in [0.25, 0.3) is 0 Å². The minimum atomic E-state index is 0.392. The summed E-state index contributed by atoms with van der Waals surface area (Å²) in [4.78, 5) is 0. The normalized spacial score (nSPS) is 12.1. The first-order valence-electron chi connectivity index (χ1n) is 6.88. The van der Waals surface area contributed by atoms with Gasteiger partial charge in [-0.25, -0.2) is 0 Å². The zero-order valence-corrected chi connectivity index (χ0v) is 12.1. The van der Waals surface area contributed by atoms with E-state index in [9.17, 15) is 0 Å². The maximum Gasteiger partial charge on any atom is 0.141 e. The first-order valence-corrected chi connectivity index (χ1v) is 6.88. The Balaban J connectivity index is 1.88. The van der Waals surface area contributed by atoms with Crippen LogP contribution in [0.4, 0.5) is 5.69 Å². The van der Waals surface area contributed by atoms with E-state index >= 15 is 0 Å². The lowest BCUT2D eigenvalue weighted by atomic mass is 10.1. The molecule has 0 bridgehead atoms. The van der Waals surface area contributed by atoms with Gasteiger partial charge in [-0.15, -0.1) is 0 Å². The molecule has 1 unspecified atom stereocenters. The molecule has 0 amide bonds. The van der Waals surface area contributed by atoms with E-state index in [1.54, 1.807) is 7.11 Å². The van der Waals surface area contributed by atoms with E-state index in [1.807, 2.05) is 18.2 Å². The van der Waals surface area contributed by atoms with Crippen molar-refractivity contribution in [2.24, 2.45) is 0 Å². The lowest BCUT2D eigenvalue weighted by Crippen LogP contribution is -2.27. The van der Waals surface area contributed by atoms with Crippen LogP contribution < -0.4 is 15.8 Å². The Hall–Kier alpha value is -2.00. The summed E-state index contributed by atoms with van der Waals surface area (Å²) in [6.07, 6.45) is 0.945. The van der Waals surface area contributed by atoms with Gasteiger partial charge in [-0.3, -0.25) is 0 Å². The number of nitrogens with two attached hydrogens (primary N) is 1. The Bertz CT molecular complexity index is 540. The molecule has 106 valence electrons. The summed E-state index contributed by atoms with van der Waals surface area (Å²) in [5.41, 5.74) is 9.14. The molecular weight excluding hydrogens is 248 g/mol. The highest BCUT2D eigenvalue weighted by molar-refractivity contribution is 5.54. The fourth-order valence-corrected chi connectivity index (χ4v) is 2.22. The second-order valence-corrected chi connectivity index (χ2v) is 5.05. The number of nitrogen functional groups attached to an aromatic ring is 1. The Morgan fingerprint density at radius 1 is 1.10 bits per heavy atom. The van der Waals surface area contributed by atoms with Gasteiger partial charge >= 0.3 is 0 Å². The topological polar surface area (TPSA) is 47.3 Å². The van der Waals surface area contributed by atoms with Crippen LogP contribution >= 0.6 is 0 Å². The molecule has 1 atom stereocenters. The Kier molecular flexibility index (Phi) is 5.02. The van der Waals surface area contributed by atoms with Gasteiger partial charge in [0.1, 0.15) is 5.75 Å². The average Bonchev–Trinajstić information content (AvgIpc) is 2.46. The number of nitrogens with one attached hydrogen (secondary N) is 1. The van der Waals surface area contributed by atoms with E-state index in [4.69, 9.17) is 10.5 Å². The molecule has 0 aliphatic rings. The predicted molar refractivity (Wildman–Crippen MR) is 83.9 cm³/mol. The van der Waals surface area contributed by atoms with Gasteiger partial charge in [0.2, 0.25) is 0 Å². The predicted octanol–water partition coefficient (Wildman–Crippen LogP) is 3.00. The standard InChI is InChI=1S/C17H22N2O/c1-13(19-12-14-6-4-3-5-7-14)10-15-8-9-17(20-2)16(18)11-15/h3-9,11,13,19H,10,12,18H2,1-2H3. The van der Waals surface area contributed by atoms with Gasteiger partial charge in [0.05, 0.1) is 12.8 Å². The van der Waals surface area contributed by atoms with Gasteiger partial charge < -0.3 is 15.8 Å². The zero-order chi connectivity index (χ0) is 14.4. The molecule has 0 fully saturated rings. The summed E-state index contributed by atoms with van der Waals surface area (Å²) >= 11 is 0. The first kappa shape index (κ1) is 14.4. The maximum atomic E-state index is 5.93. The van der Waals surface area contributed by atoms with Crippen LogP contribution in [0.3, 0.4) is 0 Å². The minimum Gasteiger partial charge on any atom is -0.495 e. The lowest BCUT2D eigenvalue weighted by molar-refractivity contribution is 0.416. The fraction of sp³-hybridized carbons (Fsp3) is 0.294. The number of benzene rings is 2. The molecule has 0 saturated heterocycles. The van der Waals surface area contributed by atoms with E-state index < -0.39 is 0 Å². The molecule has 3 heteroatoms. The Morgan fingerprint density at radius 2 is 1.85 bits per heavy atom. The number of rotatable bonds is 6. The highest BCUT2D eigenvalue weighted by Crippen LogP contribution is 2.22. The van der Waals surface area contributed by atoms with E-state index in [0.717, 1.165) is 18.7 Å². The second-order valence-electron chi connectivity index (χ2n) is 5.05. The second kappa shape index (κ2) is 6.96. The summed E-state index contributed by atoms with van der Waals surface area (Å²) in [6, 6.07) is 16.8. The van der Waals surface area contributed by atoms with Crippen LogP contribution in [0.5, 0.6) is 5.75 Å². The zero-order valence-electron chi connectivity index (χ0n) is 12.1. The highest BCUT2D eigenvalue weighted by atomic mass is 16.5. The smallest absolute Gasteiger partial charge is 0.141 e. The van der Waals surface area contributed by atoms with Crippen LogP contribution in [-0.2, 0) is 13.0 Å². The molecule has 3 nitrogen and oxygen atoms in total. The molecule has 0 aromatic heterocycles. The van der Waals surface area contributed by atoms with Crippen LogP contribution in [0.2, 0.25) is 0 Å². The maximum absolute atomic E-state index is 5.93. The van der Waals surface area contributed by atoms with E-state index in [-0.39, 0.29) is 0 Å². The summed E-state index contributed by atoms with van der Waals surface area (Å²) < 4.78 is 5.17. The third kappa shape index (κ3) is 4.00. The Labute approximate surface area is 120 Å². The molecule has 0 aliphatic carbocycles. The van der Waals surface area contributed by atoms with Crippen molar-refractivity contribution in [1.82, 2.24) is 5.32 Å². The molecule has 0 spiro atoms. The quantitative estimate of drug-likeness (QED) is 0.793. The molecule has 2 aromatic carbocycles. The molecule has 0 radical (unpaired) electrons. The summed E-state index contributed by atoms with van der Waals surface area (Å²) in [6.45, 7) is 3.07. The molecule has 3 N–H and O–H groups in total. The van der Waals surface area contributed by atoms with Crippen LogP contribution in [0, 0.1) is 0 Å². The summed E-state index contributed by atoms with van der Waals surface area (Å²) in [5.74, 6) is 0.735. The largest absolute Gasteiger partial charge is 0.495 e. The molecular formula is C17H22N2O. The lowest BCUT2D eigenvalue weighted by Gasteiger charge is -2.15. The van der Waals surface area contributed by atoms with E-state index in [2.05, 4.69) is 42.6 Å². The molecule has 0 heterocycles. The van der Waals surface area contributed by atoms with E-state index in [1.165, 1.54) is 11.1 Å². The molecule has 20 heavy (non-hydrogen) atoms. The number of hydrogen-bond donors (Lipinski definition) is 2. The van der Waals surface area contributed by atoms with Crippen molar-refractivity contribution in [3.05, 3.63) is 59.7 Å². The number of hydrogen-bond acceptors (Lipinski definition) is 3. The van der Waals surface area contributed by atoms with Crippen molar-refractivity contribution in [2.75, 3.05) is 12.8 Å². The van der Waals surface area contributed by atoms with Crippen molar-refractivity contribution in [3.63, 3.8) is 0 Å². The van der Waals surface area contributed by atoms with Crippen LogP contribution in [-0.4, -0.2) is 13.2 Å². The van der Waals surface area contributed by atoms with Gasteiger partial charge in [-0.2, -0.15) is 0 Å². The third-order valence-electron chi connectivity index (χ3n) is 3.33. The van der Waals surface area contributed by atoms with E-state index in [0.29, 0.717) is 11.7 Å². The molecule has 2 rings (SSSR count). The number of anilines is 1. The fourth-order valence-electron chi connectivity index (χ4n) is 2.22. The SMILES string of the molecule is COc1ccc(CC(C)NCc2ccccc2)cc1N. The summed E-state index contributed by atoms with van der Waals surface area (Å²) in [7, 11) is 1.63. The minimum absolute atomic E-state index is 0.392. The third-order valence-corrected chi connectivity index (χ3v) is 3.33. The molecule has 0 aliphatic heterocycles. The monoisotopic (exact) mass is 270 g/mol. The van der Waals surface area contributed by atoms with Gasteiger partial charge in [0, 0.05) is 12.6 Å². The van der Waals surface area contributed by atoms with Gasteiger partial charge in [-0.05, 0) is 36.6 Å². The van der Waals surface area contributed by atoms with Crippen molar-refractivity contribution in [1.29, 1.82) is 0 Å². The van der Waals surface area contributed by atoms with Gasteiger partial charge in [-0.1, -0.05) is 36.4 Å². The summed E-state index contributed by atoms with van der Waals surface area (Å²) in [5, 5.41) is 3.52. The average molecular weight is 270 g/mol. The highest BCUT2D eigenvalue weighted by Gasteiger charge is 2.06. The van der Waals surface area contributed by atoms with Crippen molar-refractivity contribution in [2.45, 2.75) is 25.9 Å². The van der Waals surface area contributed by atoms with Crippen molar-refractivity contribution in [3.8, 4) is 5.75 Å². The van der Waals surface area contributed by atoms with Crippen LogP contribution in [0.15, 0.2) is 48.5 Å². The van der Waals surface area contributed by atoms with Crippen LogP contribution in [0.1, 0.15) is 18.1 Å². The van der Waals surface area contributed by atoms with Crippen molar-refractivity contribution >= 4 is 5.69 Å². The van der Waals surface area contributed by atoms with Gasteiger partial charge in [0.15, 0.2) is 0 Å². The first-order chi connectivity index (χ1) is 9.69. The molecule has 2 aromatic rings. The van der Waals surface area contributed by atoms with Crippen molar-refractivity contribution < 1.29 is 4.74 Å². The number of methoxy groups -OCH3 is 1. The Morgan fingerprint density at radius 3 is 2.50 bits per heavy atom. The number of ether oxygens (including phenoxy) is 1. The molecule has 0 saturated carbocycles. The van der Waals surface area contributed by atoms with Gasteiger partial charge in [0.25, 0.3) is 0 Å².